The van der Waals surface area contributed by atoms with Gasteiger partial charge in [0.25, 0.3) is 0 Å². The summed E-state index contributed by atoms with van der Waals surface area (Å²) in [4.78, 5) is 6.75. The minimum Gasteiger partial charge on any atom is -0.339 e. The number of nitrogens with zero attached hydrogens (tertiary/aromatic N) is 5. The molecule has 2 aromatic heterocycles. The molecule has 4 rings (SSSR count). The molecule has 0 radical (unpaired) electrons. The predicted molar refractivity (Wildman–Crippen MR) is 70.5 cm³/mol. The van der Waals surface area contributed by atoms with E-state index in [0.29, 0.717) is 12.0 Å². The molecule has 0 bridgehead atoms. The van der Waals surface area contributed by atoms with Crippen molar-refractivity contribution in [3.63, 3.8) is 0 Å². The lowest BCUT2D eigenvalue weighted by atomic mass is 10.1. The van der Waals surface area contributed by atoms with E-state index in [1.54, 1.807) is 0 Å². The van der Waals surface area contributed by atoms with Crippen molar-refractivity contribution in [2.45, 2.75) is 31.3 Å². The van der Waals surface area contributed by atoms with E-state index >= 15 is 0 Å². The molecule has 100 valence electrons. The van der Waals surface area contributed by atoms with Gasteiger partial charge in [-0.1, -0.05) is 5.16 Å². The van der Waals surface area contributed by atoms with Crippen LogP contribution in [0.3, 0.4) is 0 Å². The van der Waals surface area contributed by atoms with E-state index in [0.717, 1.165) is 35.8 Å². The first-order valence-corrected chi connectivity index (χ1v) is 7.32. The van der Waals surface area contributed by atoms with Crippen LogP contribution in [0.15, 0.2) is 21.4 Å². The van der Waals surface area contributed by atoms with Crippen molar-refractivity contribution in [2.75, 3.05) is 13.1 Å². The van der Waals surface area contributed by atoms with Gasteiger partial charge in [-0.2, -0.15) is 10.1 Å². The maximum atomic E-state index is 5.26. The topological polar surface area (TPSA) is 60.0 Å². The van der Waals surface area contributed by atoms with Crippen molar-refractivity contribution >= 4 is 15.9 Å². The molecule has 1 aliphatic heterocycles. The maximum Gasteiger partial charge on any atom is 0.229 e. The summed E-state index contributed by atoms with van der Waals surface area (Å²) in [7, 11) is 0. The average Bonchev–Trinajstić information content (AvgIpc) is 2.94. The number of rotatable bonds is 4. The van der Waals surface area contributed by atoms with Gasteiger partial charge >= 0.3 is 0 Å². The van der Waals surface area contributed by atoms with Gasteiger partial charge in [0.1, 0.15) is 0 Å². The smallest absolute Gasteiger partial charge is 0.229 e. The molecule has 19 heavy (non-hydrogen) atoms. The number of likely N-dealkylation sites (tertiary alicyclic amines) is 1. The van der Waals surface area contributed by atoms with Crippen LogP contribution in [0.5, 0.6) is 0 Å². The molecule has 0 N–H and O–H groups in total. The predicted octanol–water partition coefficient (Wildman–Crippen LogP) is 1.96. The second-order valence-corrected chi connectivity index (χ2v) is 6.23. The highest BCUT2D eigenvalue weighted by Crippen LogP contribution is 2.39. The second-order valence-electron chi connectivity index (χ2n) is 5.31. The van der Waals surface area contributed by atoms with E-state index in [1.165, 1.54) is 12.8 Å². The minimum atomic E-state index is 0.459. The van der Waals surface area contributed by atoms with Crippen molar-refractivity contribution in [1.29, 1.82) is 0 Å². The van der Waals surface area contributed by atoms with E-state index in [1.807, 2.05) is 17.1 Å². The zero-order valence-corrected chi connectivity index (χ0v) is 12.0. The highest BCUT2D eigenvalue weighted by Gasteiger charge is 2.32. The van der Waals surface area contributed by atoms with Crippen molar-refractivity contribution in [2.24, 2.45) is 0 Å². The van der Waals surface area contributed by atoms with Gasteiger partial charge in [-0.05, 0) is 28.8 Å². The fourth-order valence-electron chi connectivity index (χ4n) is 2.38. The molecule has 6 nitrogen and oxygen atoms in total. The van der Waals surface area contributed by atoms with Gasteiger partial charge in [-0.15, -0.1) is 0 Å². The van der Waals surface area contributed by atoms with Crippen LogP contribution in [-0.2, 0) is 6.54 Å². The summed E-state index contributed by atoms with van der Waals surface area (Å²) in [6, 6.07) is 0.459. The number of hydrogen-bond acceptors (Lipinski definition) is 5. The van der Waals surface area contributed by atoms with Crippen molar-refractivity contribution < 1.29 is 4.52 Å². The van der Waals surface area contributed by atoms with Gasteiger partial charge in [0.05, 0.1) is 23.3 Å². The van der Waals surface area contributed by atoms with Crippen molar-refractivity contribution in [3.05, 3.63) is 28.6 Å². The van der Waals surface area contributed by atoms with E-state index in [9.17, 15) is 0 Å². The minimum absolute atomic E-state index is 0.459. The van der Waals surface area contributed by atoms with Crippen molar-refractivity contribution in [3.8, 4) is 0 Å². The normalized spacial score (nSPS) is 20.7. The fourth-order valence-corrected chi connectivity index (χ4v) is 2.68. The largest absolute Gasteiger partial charge is 0.339 e. The Morgan fingerprint density at radius 1 is 1.37 bits per heavy atom. The zero-order valence-electron chi connectivity index (χ0n) is 10.4. The number of aromatic nitrogens is 4. The molecule has 0 amide bonds. The number of halogens is 1. The molecule has 1 saturated heterocycles. The molecular weight excluding hydrogens is 310 g/mol. The van der Waals surface area contributed by atoms with E-state index < -0.39 is 0 Å². The third-order valence-corrected chi connectivity index (χ3v) is 4.07. The molecule has 2 aromatic rings. The molecule has 0 unspecified atom stereocenters. The highest BCUT2D eigenvalue weighted by molar-refractivity contribution is 9.10. The van der Waals surface area contributed by atoms with Gasteiger partial charge in [-0.3, -0.25) is 9.58 Å². The molecular formula is C12H14BrN5O. The van der Waals surface area contributed by atoms with E-state index in [4.69, 9.17) is 4.52 Å². The molecule has 1 aliphatic carbocycles. The third kappa shape index (κ3) is 2.32. The maximum absolute atomic E-state index is 5.26. The highest BCUT2D eigenvalue weighted by atomic mass is 79.9. The Morgan fingerprint density at radius 3 is 2.89 bits per heavy atom. The second kappa shape index (κ2) is 4.42. The third-order valence-electron chi connectivity index (χ3n) is 3.66. The average molecular weight is 324 g/mol. The zero-order chi connectivity index (χ0) is 12.8. The van der Waals surface area contributed by atoms with Gasteiger partial charge in [0, 0.05) is 25.2 Å². The standard InChI is InChI=1S/C12H14BrN5O/c13-9-3-14-18(4-9)10-5-17(6-10)7-11-15-12(19-16-11)8-1-2-8/h3-4,8,10H,1-2,5-7H2. The molecule has 0 atom stereocenters. The lowest BCUT2D eigenvalue weighted by Gasteiger charge is -2.38. The summed E-state index contributed by atoms with van der Waals surface area (Å²) < 4.78 is 8.29. The SMILES string of the molecule is Brc1cnn(C2CN(Cc3noc(C4CC4)n3)C2)c1. The van der Waals surface area contributed by atoms with Crippen LogP contribution in [0.2, 0.25) is 0 Å². The molecule has 2 fully saturated rings. The Morgan fingerprint density at radius 2 is 2.21 bits per heavy atom. The first-order valence-electron chi connectivity index (χ1n) is 6.52. The molecule has 2 aliphatic rings. The Balaban J connectivity index is 1.33. The van der Waals surface area contributed by atoms with Gasteiger partial charge in [0.2, 0.25) is 5.89 Å². The quantitative estimate of drug-likeness (QED) is 0.860. The van der Waals surface area contributed by atoms with Gasteiger partial charge in [-0.25, -0.2) is 0 Å². The Labute approximate surface area is 118 Å². The lowest BCUT2D eigenvalue weighted by molar-refractivity contribution is 0.0872. The Bertz CT molecular complexity index is 584. The van der Waals surface area contributed by atoms with Crippen molar-refractivity contribution in [1.82, 2.24) is 24.8 Å². The number of hydrogen-bond donors (Lipinski definition) is 0. The summed E-state index contributed by atoms with van der Waals surface area (Å²) >= 11 is 3.42. The van der Waals surface area contributed by atoms with Gasteiger partial charge in [0.15, 0.2) is 5.82 Å². The van der Waals surface area contributed by atoms with E-state index in [2.05, 4.69) is 36.1 Å². The molecule has 1 saturated carbocycles. The van der Waals surface area contributed by atoms with Crippen LogP contribution in [-0.4, -0.2) is 37.9 Å². The van der Waals surface area contributed by atoms with Crippen LogP contribution >= 0.6 is 15.9 Å². The monoisotopic (exact) mass is 323 g/mol. The summed E-state index contributed by atoms with van der Waals surface area (Å²) in [6.07, 6.45) is 6.23. The van der Waals surface area contributed by atoms with Gasteiger partial charge < -0.3 is 4.52 Å². The van der Waals surface area contributed by atoms with Crippen LogP contribution in [0, 0.1) is 0 Å². The lowest BCUT2D eigenvalue weighted by Crippen LogP contribution is -2.47. The molecule has 0 spiro atoms. The first kappa shape index (κ1) is 11.6. The van der Waals surface area contributed by atoms with Crippen LogP contribution in [0.25, 0.3) is 0 Å². The summed E-state index contributed by atoms with van der Waals surface area (Å²) in [5, 5.41) is 8.35. The Hall–Kier alpha value is -1.21. The fraction of sp³-hybridized carbons (Fsp3) is 0.583. The van der Waals surface area contributed by atoms with Crippen LogP contribution < -0.4 is 0 Å². The molecule has 0 aromatic carbocycles. The summed E-state index contributed by atoms with van der Waals surface area (Å²) in [5.41, 5.74) is 0. The first-order chi connectivity index (χ1) is 9.28. The molecule has 7 heteroatoms. The van der Waals surface area contributed by atoms with E-state index in [-0.39, 0.29) is 0 Å². The van der Waals surface area contributed by atoms with Crippen LogP contribution in [0.4, 0.5) is 0 Å². The van der Waals surface area contributed by atoms with Crippen LogP contribution in [0.1, 0.15) is 36.5 Å². The Kier molecular flexibility index (Phi) is 2.70. The summed E-state index contributed by atoms with van der Waals surface area (Å²) in [6.45, 7) is 2.75. The summed E-state index contributed by atoms with van der Waals surface area (Å²) in [5.74, 6) is 2.16. The molecule has 3 heterocycles.